The third-order valence-corrected chi connectivity index (χ3v) is 3.59. The molecule has 3 aromatic rings. The first kappa shape index (κ1) is 17.4. The minimum Gasteiger partial charge on any atom is -0.493 e. The molecule has 0 aliphatic heterocycles. The maximum Gasteiger partial charge on any atom is 0.227 e. The Morgan fingerprint density at radius 1 is 1.00 bits per heavy atom. The Hall–Kier alpha value is -3.41. The molecule has 6 heteroatoms. The lowest BCUT2D eigenvalue weighted by Crippen LogP contribution is -2.15. The number of hydrogen-bond donors (Lipinski definition) is 2. The van der Waals surface area contributed by atoms with Crippen molar-refractivity contribution in [2.75, 3.05) is 17.2 Å². The second-order valence-corrected chi connectivity index (χ2v) is 5.71. The SMILES string of the molecule is Cc1cc(Nc2ccc(NC(=O)CCOc3ccccc3)cc2)ncn1. The van der Waals surface area contributed by atoms with Gasteiger partial charge < -0.3 is 15.4 Å². The number of amides is 1. The molecule has 26 heavy (non-hydrogen) atoms. The molecule has 6 nitrogen and oxygen atoms in total. The highest BCUT2D eigenvalue weighted by Gasteiger charge is 2.04. The van der Waals surface area contributed by atoms with Gasteiger partial charge in [0.25, 0.3) is 0 Å². The summed E-state index contributed by atoms with van der Waals surface area (Å²) in [5.41, 5.74) is 2.51. The van der Waals surface area contributed by atoms with Gasteiger partial charge in [-0.1, -0.05) is 18.2 Å². The van der Waals surface area contributed by atoms with Crippen LogP contribution in [0, 0.1) is 6.92 Å². The average Bonchev–Trinajstić information content (AvgIpc) is 2.64. The molecule has 2 aromatic carbocycles. The molecule has 0 saturated heterocycles. The van der Waals surface area contributed by atoms with Crippen molar-refractivity contribution in [3.8, 4) is 5.75 Å². The number of nitrogens with one attached hydrogen (secondary N) is 2. The van der Waals surface area contributed by atoms with Gasteiger partial charge in [-0.2, -0.15) is 0 Å². The van der Waals surface area contributed by atoms with Crippen LogP contribution in [-0.4, -0.2) is 22.5 Å². The molecular formula is C20H20N4O2. The molecule has 1 heterocycles. The number of benzene rings is 2. The molecule has 0 atom stereocenters. The molecule has 0 bridgehead atoms. The van der Waals surface area contributed by atoms with Crippen LogP contribution in [0.4, 0.5) is 17.2 Å². The van der Waals surface area contributed by atoms with Crippen LogP contribution >= 0.6 is 0 Å². The molecule has 0 saturated carbocycles. The first-order valence-electron chi connectivity index (χ1n) is 8.32. The van der Waals surface area contributed by atoms with Crippen molar-refractivity contribution in [2.45, 2.75) is 13.3 Å². The number of para-hydroxylation sites is 1. The third kappa shape index (κ3) is 5.31. The number of rotatable bonds is 7. The molecule has 1 amide bonds. The Morgan fingerprint density at radius 3 is 2.46 bits per heavy atom. The summed E-state index contributed by atoms with van der Waals surface area (Å²) in [6, 6.07) is 18.7. The number of aryl methyl sites for hydroxylation is 1. The minimum absolute atomic E-state index is 0.0898. The highest BCUT2D eigenvalue weighted by atomic mass is 16.5. The number of carbonyl (C=O) groups is 1. The Bertz CT molecular complexity index is 851. The van der Waals surface area contributed by atoms with Crippen molar-refractivity contribution >= 4 is 23.1 Å². The Morgan fingerprint density at radius 2 is 1.73 bits per heavy atom. The zero-order valence-corrected chi connectivity index (χ0v) is 14.5. The van der Waals surface area contributed by atoms with Crippen molar-refractivity contribution < 1.29 is 9.53 Å². The summed E-state index contributed by atoms with van der Waals surface area (Å²) >= 11 is 0. The summed E-state index contributed by atoms with van der Waals surface area (Å²) in [5.74, 6) is 1.40. The van der Waals surface area contributed by atoms with Gasteiger partial charge in [0, 0.05) is 23.1 Å². The zero-order valence-electron chi connectivity index (χ0n) is 14.5. The number of anilines is 3. The van der Waals surface area contributed by atoms with Crippen LogP contribution in [0.1, 0.15) is 12.1 Å². The molecule has 0 radical (unpaired) electrons. The molecule has 0 fully saturated rings. The van der Waals surface area contributed by atoms with Gasteiger partial charge >= 0.3 is 0 Å². The summed E-state index contributed by atoms with van der Waals surface area (Å²) in [6.07, 6.45) is 1.80. The lowest BCUT2D eigenvalue weighted by Gasteiger charge is -2.09. The molecular weight excluding hydrogens is 328 g/mol. The standard InChI is InChI=1S/C20H20N4O2/c1-15-13-19(22-14-21-15)23-16-7-9-17(10-8-16)24-20(25)11-12-26-18-5-3-2-4-6-18/h2-10,13-14H,11-12H2,1H3,(H,24,25)(H,21,22,23). The molecule has 0 aliphatic carbocycles. The Kier molecular flexibility index (Phi) is 5.77. The Balaban J connectivity index is 1.46. The highest BCUT2D eigenvalue weighted by Crippen LogP contribution is 2.18. The lowest BCUT2D eigenvalue weighted by molar-refractivity contribution is -0.116. The molecule has 1 aromatic heterocycles. The smallest absolute Gasteiger partial charge is 0.227 e. The second-order valence-electron chi connectivity index (χ2n) is 5.71. The van der Waals surface area contributed by atoms with Gasteiger partial charge in [0.2, 0.25) is 5.91 Å². The maximum atomic E-state index is 12.0. The quantitative estimate of drug-likeness (QED) is 0.676. The molecule has 0 unspecified atom stereocenters. The van der Waals surface area contributed by atoms with E-state index in [4.69, 9.17) is 4.74 Å². The van der Waals surface area contributed by atoms with Crippen LogP contribution in [0.25, 0.3) is 0 Å². The fourth-order valence-corrected chi connectivity index (χ4v) is 2.31. The third-order valence-electron chi connectivity index (χ3n) is 3.59. The molecule has 3 rings (SSSR count). The molecule has 0 spiro atoms. The van der Waals surface area contributed by atoms with E-state index in [0.29, 0.717) is 6.61 Å². The summed E-state index contributed by atoms with van der Waals surface area (Å²) in [7, 11) is 0. The van der Waals surface area contributed by atoms with Gasteiger partial charge in [0.15, 0.2) is 0 Å². The highest BCUT2D eigenvalue weighted by molar-refractivity contribution is 5.91. The molecule has 132 valence electrons. The maximum absolute atomic E-state index is 12.0. The van der Waals surface area contributed by atoms with Gasteiger partial charge in [-0.15, -0.1) is 0 Å². The van der Waals surface area contributed by atoms with E-state index < -0.39 is 0 Å². The lowest BCUT2D eigenvalue weighted by atomic mass is 10.2. The summed E-state index contributed by atoms with van der Waals surface area (Å²) in [4.78, 5) is 20.2. The number of nitrogens with zero attached hydrogens (tertiary/aromatic N) is 2. The van der Waals surface area contributed by atoms with E-state index in [1.165, 1.54) is 6.33 Å². The van der Waals surface area contributed by atoms with Crippen molar-refractivity contribution in [1.82, 2.24) is 9.97 Å². The van der Waals surface area contributed by atoms with E-state index in [2.05, 4.69) is 20.6 Å². The van der Waals surface area contributed by atoms with Crippen LogP contribution < -0.4 is 15.4 Å². The topological polar surface area (TPSA) is 76.1 Å². The predicted octanol–water partition coefficient (Wildman–Crippen LogP) is 3.94. The summed E-state index contributed by atoms with van der Waals surface area (Å²) in [6.45, 7) is 2.25. The Labute approximate surface area is 152 Å². The minimum atomic E-state index is -0.0898. The average molecular weight is 348 g/mol. The number of aromatic nitrogens is 2. The summed E-state index contributed by atoms with van der Waals surface area (Å²) < 4.78 is 5.53. The largest absolute Gasteiger partial charge is 0.493 e. The zero-order chi connectivity index (χ0) is 18.2. The van der Waals surface area contributed by atoms with Crippen molar-refractivity contribution in [1.29, 1.82) is 0 Å². The van der Waals surface area contributed by atoms with Crippen molar-refractivity contribution in [2.24, 2.45) is 0 Å². The van der Waals surface area contributed by atoms with E-state index >= 15 is 0 Å². The van der Waals surface area contributed by atoms with Gasteiger partial charge in [0.05, 0.1) is 13.0 Å². The van der Waals surface area contributed by atoms with Crippen LogP contribution in [0.2, 0.25) is 0 Å². The predicted molar refractivity (Wildman–Crippen MR) is 102 cm³/mol. The number of ether oxygens (including phenoxy) is 1. The van der Waals surface area contributed by atoms with Crippen LogP contribution in [0.5, 0.6) is 5.75 Å². The fourth-order valence-electron chi connectivity index (χ4n) is 2.31. The fraction of sp³-hybridized carbons (Fsp3) is 0.150. The van der Waals surface area contributed by atoms with Gasteiger partial charge in [-0.25, -0.2) is 9.97 Å². The van der Waals surface area contributed by atoms with E-state index in [-0.39, 0.29) is 12.3 Å². The molecule has 0 aliphatic rings. The normalized spacial score (nSPS) is 10.2. The second kappa shape index (κ2) is 8.62. The van der Waals surface area contributed by atoms with Crippen molar-refractivity contribution in [3.05, 3.63) is 72.7 Å². The van der Waals surface area contributed by atoms with Crippen molar-refractivity contribution in [3.63, 3.8) is 0 Å². The van der Waals surface area contributed by atoms with Crippen LogP contribution in [-0.2, 0) is 4.79 Å². The monoisotopic (exact) mass is 348 g/mol. The van der Waals surface area contributed by atoms with Gasteiger partial charge in [-0.3, -0.25) is 4.79 Å². The summed E-state index contributed by atoms with van der Waals surface area (Å²) in [5, 5.41) is 6.05. The molecule has 2 N–H and O–H groups in total. The van der Waals surface area contributed by atoms with E-state index in [1.54, 1.807) is 0 Å². The van der Waals surface area contributed by atoms with Gasteiger partial charge in [-0.05, 0) is 43.3 Å². The number of carbonyl (C=O) groups excluding carboxylic acids is 1. The van der Waals surface area contributed by atoms with E-state index in [0.717, 1.165) is 28.6 Å². The van der Waals surface area contributed by atoms with E-state index in [9.17, 15) is 4.79 Å². The first-order valence-corrected chi connectivity index (χ1v) is 8.32. The first-order chi connectivity index (χ1) is 12.7. The van der Waals surface area contributed by atoms with Crippen LogP contribution in [0.3, 0.4) is 0 Å². The van der Waals surface area contributed by atoms with Crippen LogP contribution in [0.15, 0.2) is 67.0 Å². The van der Waals surface area contributed by atoms with E-state index in [1.807, 2.05) is 67.6 Å². The van der Waals surface area contributed by atoms with Gasteiger partial charge in [0.1, 0.15) is 17.9 Å². The number of hydrogen-bond acceptors (Lipinski definition) is 5.